The van der Waals surface area contributed by atoms with E-state index in [1.807, 2.05) is 26.0 Å². The number of carboxylic acids is 1. The molecule has 0 unspecified atom stereocenters. The fraction of sp³-hybridized carbons (Fsp3) is 0.500. The van der Waals surface area contributed by atoms with Crippen molar-refractivity contribution in [1.29, 1.82) is 0 Å². The predicted octanol–water partition coefficient (Wildman–Crippen LogP) is 2.87. The minimum Gasteiger partial charge on any atom is -0.481 e. The molecule has 1 saturated heterocycles. The Balaban J connectivity index is 1.90. The fourth-order valence-electron chi connectivity index (χ4n) is 2.76. The van der Waals surface area contributed by atoms with E-state index in [9.17, 15) is 9.59 Å². The molecule has 0 saturated carbocycles. The van der Waals surface area contributed by atoms with Gasteiger partial charge in [0.1, 0.15) is 0 Å². The van der Waals surface area contributed by atoms with Crippen LogP contribution in [0.1, 0.15) is 24.5 Å². The Labute approximate surface area is 133 Å². The summed E-state index contributed by atoms with van der Waals surface area (Å²) >= 11 is 3.46. The largest absolute Gasteiger partial charge is 0.481 e. The highest BCUT2D eigenvalue weighted by Crippen LogP contribution is 2.24. The van der Waals surface area contributed by atoms with Gasteiger partial charge in [-0.1, -0.05) is 35.0 Å². The Hall–Kier alpha value is -1.36. The van der Waals surface area contributed by atoms with Gasteiger partial charge < -0.3 is 10.0 Å². The van der Waals surface area contributed by atoms with Crippen LogP contribution in [0.3, 0.4) is 0 Å². The molecular formula is C16H20BrNO3. The van der Waals surface area contributed by atoms with E-state index >= 15 is 0 Å². The van der Waals surface area contributed by atoms with E-state index in [1.54, 1.807) is 4.90 Å². The van der Waals surface area contributed by atoms with Crippen LogP contribution in [-0.2, 0) is 16.0 Å². The first-order valence-electron chi connectivity index (χ1n) is 7.14. The second-order valence-electron chi connectivity index (χ2n) is 5.80. The monoisotopic (exact) mass is 353 g/mol. The third-order valence-corrected chi connectivity index (χ3v) is 5.02. The second-order valence-corrected chi connectivity index (χ2v) is 6.66. The summed E-state index contributed by atoms with van der Waals surface area (Å²) in [6.07, 6.45) is 1.12. The van der Waals surface area contributed by atoms with Crippen molar-refractivity contribution in [2.45, 2.75) is 26.7 Å². The van der Waals surface area contributed by atoms with Gasteiger partial charge in [-0.2, -0.15) is 0 Å². The molecule has 0 aliphatic carbocycles. The van der Waals surface area contributed by atoms with Crippen LogP contribution >= 0.6 is 15.9 Å². The number of aliphatic carboxylic acids is 1. The molecule has 0 bridgehead atoms. The average molecular weight is 354 g/mol. The van der Waals surface area contributed by atoms with Gasteiger partial charge in [-0.05, 0) is 36.5 Å². The molecule has 2 atom stereocenters. The van der Waals surface area contributed by atoms with Gasteiger partial charge in [-0.3, -0.25) is 9.59 Å². The van der Waals surface area contributed by atoms with E-state index in [-0.39, 0.29) is 11.8 Å². The van der Waals surface area contributed by atoms with Gasteiger partial charge >= 0.3 is 5.97 Å². The summed E-state index contributed by atoms with van der Waals surface area (Å²) in [6, 6.07) is 6.08. The van der Waals surface area contributed by atoms with E-state index in [1.165, 1.54) is 0 Å². The van der Waals surface area contributed by atoms with Gasteiger partial charge in [0, 0.05) is 24.0 Å². The number of hydrogen-bond acceptors (Lipinski definition) is 2. The smallest absolute Gasteiger partial charge is 0.308 e. The van der Waals surface area contributed by atoms with Crippen LogP contribution < -0.4 is 0 Å². The first-order chi connectivity index (χ1) is 9.88. The molecule has 114 valence electrons. The lowest BCUT2D eigenvalue weighted by molar-refractivity contribution is -0.142. The average Bonchev–Trinajstić information content (AvgIpc) is 2.82. The molecule has 2 rings (SSSR count). The number of aryl methyl sites for hydroxylation is 2. The topological polar surface area (TPSA) is 57.6 Å². The molecule has 0 spiro atoms. The molecule has 1 N–H and O–H groups in total. The van der Waals surface area contributed by atoms with E-state index in [0.717, 1.165) is 15.6 Å². The van der Waals surface area contributed by atoms with Gasteiger partial charge in [0.05, 0.1) is 5.92 Å². The molecule has 1 amide bonds. The number of nitrogens with zero attached hydrogens (tertiary/aromatic N) is 1. The number of carbonyl (C=O) groups excluding carboxylic acids is 1. The zero-order valence-corrected chi connectivity index (χ0v) is 13.9. The number of rotatable bonds is 4. The predicted molar refractivity (Wildman–Crippen MR) is 84.1 cm³/mol. The highest BCUT2D eigenvalue weighted by Gasteiger charge is 2.36. The Morgan fingerprint density at radius 3 is 2.67 bits per heavy atom. The highest BCUT2D eigenvalue weighted by molar-refractivity contribution is 9.10. The highest BCUT2D eigenvalue weighted by atomic mass is 79.9. The lowest BCUT2D eigenvalue weighted by atomic mass is 9.99. The van der Waals surface area contributed by atoms with Crippen LogP contribution in [0, 0.1) is 18.8 Å². The summed E-state index contributed by atoms with van der Waals surface area (Å²) in [5.41, 5.74) is 2.28. The van der Waals surface area contributed by atoms with Crippen molar-refractivity contribution >= 4 is 27.8 Å². The zero-order chi connectivity index (χ0) is 15.6. The van der Waals surface area contributed by atoms with E-state index in [2.05, 4.69) is 22.0 Å². The standard InChI is InChI=1S/C16H20BrNO3/c1-10-7-12(3-5-14(10)17)4-6-15(19)18-8-11(2)13(9-18)16(20)21/h3,5,7,11,13H,4,6,8-9H2,1-2H3,(H,20,21)/t11-,13-/m1/s1. The molecule has 5 heteroatoms. The number of halogens is 1. The van der Waals surface area contributed by atoms with Crippen LogP contribution in [-0.4, -0.2) is 35.0 Å². The summed E-state index contributed by atoms with van der Waals surface area (Å²) < 4.78 is 1.07. The van der Waals surface area contributed by atoms with E-state index in [4.69, 9.17) is 5.11 Å². The first kappa shape index (κ1) is 16.0. The maximum Gasteiger partial charge on any atom is 0.308 e. The van der Waals surface area contributed by atoms with Crippen molar-refractivity contribution in [3.63, 3.8) is 0 Å². The van der Waals surface area contributed by atoms with Crippen molar-refractivity contribution in [1.82, 2.24) is 4.90 Å². The van der Waals surface area contributed by atoms with Crippen LogP contribution in [0.2, 0.25) is 0 Å². The minimum absolute atomic E-state index is 0.0291. The SMILES string of the molecule is Cc1cc(CCC(=O)N2C[C@@H](C)[C@H](C(=O)O)C2)ccc1Br. The van der Waals surface area contributed by atoms with Gasteiger partial charge in [0.15, 0.2) is 0 Å². The number of benzene rings is 1. The molecule has 1 aliphatic rings. The Morgan fingerprint density at radius 1 is 1.38 bits per heavy atom. The Bertz CT molecular complexity index is 558. The molecule has 1 heterocycles. The Morgan fingerprint density at radius 2 is 2.10 bits per heavy atom. The number of amides is 1. The molecule has 1 aromatic carbocycles. The summed E-state index contributed by atoms with van der Waals surface area (Å²) in [6.45, 7) is 4.81. The summed E-state index contributed by atoms with van der Waals surface area (Å²) in [7, 11) is 0. The maximum absolute atomic E-state index is 12.2. The fourth-order valence-corrected chi connectivity index (χ4v) is 3.01. The molecular weight excluding hydrogens is 334 g/mol. The lowest BCUT2D eigenvalue weighted by Gasteiger charge is -2.16. The van der Waals surface area contributed by atoms with Crippen molar-refractivity contribution in [2.24, 2.45) is 11.8 Å². The summed E-state index contributed by atoms with van der Waals surface area (Å²) in [5.74, 6) is -1.15. The van der Waals surface area contributed by atoms with Gasteiger partial charge in [-0.15, -0.1) is 0 Å². The van der Waals surface area contributed by atoms with Crippen molar-refractivity contribution < 1.29 is 14.7 Å². The van der Waals surface area contributed by atoms with Crippen LogP contribution in [0.4, 0.5) is 0 Å². The van der Waals surface area contributed by atoms with E-state index < -0.39 is 11.9 Å². The third kappa shape index (κ3) is 3.84. The molecule has 1 aromatic rings. The van der Waals surface area contributed by atoms with Crippen molar-refractivity contribution in [3.8, 4) is 0 Å². The minimum atomic E-state index is -0.804. The quantitative estimate of drug-likeness (QED) is 0.905. The van der Waals surface area contributed by atoms with Crippen molar-refractivity contribution in [3.05, 3.63) is 33.8 Å². The van der Waals surface area contributed by atoms with Crippen LogP contribution in [0.15, 0.2) is 22.7 Å². The number of likely N-dealkylation sites (tertiary alicyclic amines) is 1. The summed E-state index contributed by atoms with van der Waals surface area (Å²) in [4.78, 5) is 25.0. The second kappa shape index (κ2) is 6.60. The maximum atomic E-state index is 12.2. The molecule has 0 radical (unpaired) electrons. The number of carboxylic acid groups (broad SMARTS) is 1. The molecule has 1 fully saturated rings. The lowest BCUT2D eigenvalue weighted by Crippen LogP contribution is -2.30. The van der Waals surface area contributed by atoms with E-state index in [0.29, 0.717) is 25.9 Å². The van der Waals surface area contributed by atoms with Gasteiger partial charge in [-0.25, -0.2) is 0 Å². The first-order valence-corrected chi connectivity index (χ1v) is 7.93. The normalized spacial score (nSPS) is 21.6. The third-order valence-electron chi connectivity index (χ3n) is 4.13. The zero-order valence-electron chi connectivity index (χ0n) is 12.3. The number of carbonyl (C=O) groups is 2. The van der Waals surface area contributed by atoms with Gasteiger partial charge in [0.2, 0.25) is 5.91 Å². The Kier molecular flexibility index (Phi) is 5.04. The summed E-state index contributed by atoms with van der Waals surface area (Å²) in [5, 5.41) is 9.11. The van der Waals surface area contributed by atoms with Crippen molar-refractivity contribution in [2.75, 3.05) is 13.1 Å². The number of hydrogen-bond donors (Lipinski definition) is 1. The molecule has 1 aliphatic heterocycles. The van der Waals surface area contributed by atoms with Gasteiger partial charge in [0.25, 0.3) is 0 Å². The van der Waals surface area contributed by atoms with Crippen LogP contribution in [0.25, 0.3) is 0 Å². The van der Waals surface area contributed by atoms with Crippen LogP contribution in [0.5, 0.6) is 0 Å². The molecule has 0 aromatic heterocycles. The molecule has 21 heavy (non-hydrogen) atoms. The molecule has 4 nitrogen and oxygen atoms in total.